The van der Waals surface area contributed by atoms with Crippen molar-refractivity contribution in [1.82, 2.24) is 4.90 Å². The maximum Gasteiger partial charge on any atom is 0.338 e. The van der Waals surface area contributed by atoms with Crippen molar-refractivity contribution in [2.24, 2.45) is 0 Å². The Balaban J connectivity index is 2.06. The van der Waals surface area contributed by atoms with E-state index in [0.717, 1.165) is 17.9 Å². The zero-order chi connectivity index (χ0) is 15.6. The summed E-state index contributed by atoms with van der Waals surface area (Å²) in [6.45, 7) is 5.38. The zero-order valence-corrected chi connectivity index (χ0v) is 12.7. The highest BCUT2D eigenvalue weighted by Gasteiger charge is 2.29. The highest BCUT2D eigenvalue weighted by molar-refractivity contribution is 8.00. The molecule has 0 spiro atoms. The fourth-order valence-electron chi connectivity index (χ4n) is 2.16. The van der Waals surface area contributed by atoms with Crippen LogP contribution in [0.2, 0.25) is 0 Å². The van der Waals surface area contributed by atoms with E-state index in [9.17, 15) is 14.0 Å². The fraction of sp³-hybridized carbons (Fsp3) is 0.429. The predicted octanol–water partition coefficient (Wildman–Crippen LogP) is 2.88. The number of hydrogen-bond acceptors (Lipinski definition) is 3. The predicted molar refractivity (Wildman–Crippen MR) is 80.5 cm³/mol. The first-order valence-electron chi connectivity index (χ1n) is 6.51. The Morgan fingerprint density at radius 3 is 2.71 bits per heavy atom. The quantitative estimate of drug-likeness (QED) is 0.881. The van der Waals surface area contributed by atoms with Crippen LogP contribution in [0.3, 0.4) is 0 Å². The lowest BCUT2D eigenvalue weighted by Crippen LogP contribution is -2.47. The SMILES string of the molecule is CC1(C)CN(C(=O)Nc2ccc(C(=O)O)c(F)c2)CCS1. The van der Waals surface area contributed by atoms with Crippen LogP contribution in [-0.4, -0.2) is 45.6 Å². The summed E-state index contributed by atoms with van der Waals surface area (Å²) in [4.78, 5) is 24.6. The summed E-state index contributed by atoms with van der Waals surface area (Å²) in [5.74, 6) is -1.35. The number of nitrogens with one attached hydrogen (secondary N) is 1. The molecule has 7 heteroatoms. The van der Waals surface area contributed by atoms with Gasteiger partial charge < -0.3 is 15.3 Å². The van der Waals surface area contributed by atoms with E-state index in [0.29, 0.717) is 13.1 Å². The molecule has 1 aliphatic rings. The number of amides is 2. The molecule has 0 saturated carbocycles. The molecular formula is C14H17FN2O3S. The fourth-order valence-corrected chi connectivity index (χ4v) is 3.27. The second-order valence-corrected chi connectivity index (χ2v) is 7.26. The van der Waals surface area contributed by atoms with Crippen molar-refractivity contribution in [2.45, 2.75) is 18.6 Å². The lowest BCUT2D eigenvalue weighted by Gasteiger charge is -2.37. The molecule has 1 fully saturated rings. The number of anilines is 1. The molecule has 2 amide bonds. The first-order valence-corrected chi connectivity index (χ1v) is 7.50. The minimum Gasteiger partial charge on any atom is -0.478 e. The number of benzene rings is 1. The van der Waals surface area contributed by atoms with E-state index in [1.54, 1.807) is 4.90 Å². The van der Waals surface area contributed by atoms with Crippen molar-refractivity contribution >= 4 is 29.4 Å². The molecular weight excluding hydrogens is 295 g/mol. The van der Waals surface area contributed by atoms with E-state index in [1.807, 2.05) is 11.8 Å². The van der Waals surface area contributed by atoms with Gasteiger partial charge in [-0.25, -0.2) is 14.0 Å². The van der Waals surface area contributed by atoms with E-state index in [4.69, 9.17) is 5.11 Å². The van der Waals surface area contributed by atoms with Crippen molar-refractivity contribution in [3.8, 4) is 0 Å². The van der Waals surface area contributed by atoms with E-state index >= 15 is 0 Å². The third-order valence-electron chi connectivity index (χ3n) is 3.16. The van der Waals surface area contributed by atoms with Gasteiger partial charge in [-0.2, -0.15) is 11.8 Å². The summed E-state index contributed by atoms with van der Waals surface area (Å²) in [7, 11) is 0. The van der Waals surface area contributed by atoms with Crippen LogP contribution < -0.4 is 5.32 Å². The van der Waals surface area contributed by atoms with Crippen LogP contribution in [0.5, 0.6) is 0 Å². The van der Waals surface area contributed by atoms with Gasteiger partial charge in [0.1, 0.15) is 5.82 Å². The number of carboxylic acid groups (broad SMARTS) is 1. The van der Waals surface area contributed by atoms with E-state index < -0.39 is 17.3 Å². The lowest BCUT2D eigenvalue weighted by atomic mass is 10.2. The largest absolute Gasteiger partial charge is 0.478 e. The van der Waals surface area contributed by atoms with Crippen molar-refractivity contribution in [3.63, 3.8) is 0 Å². The molecule has 1 aromatic carbocycles. The minimum absolute atomic E-state index is 0.00595. The molecule has 2 N–H and O–H groups in total. The van der Waals surface area contributed by atoms with Gasteiger partial charge in [-0.1, -0.05) is 0 Å². The number of carboxylic acids is 1. The molecule has 0 radical (unpaired) electrons. The van der Waals surface area contributed by atoms with Crippen LogP contribution in [0.25, 0.3) is 0 Å². The minimum atomic E-state index is -1.33. The first-order chi connectivity index (χ1) is 9.78. The maximum absolute atomic E-state index is 13.6. The normalized spacial score (nSPS) is 17.4. The Morgan fingerprint density at radius 1 is 1.43 bits per heavy atom. The van der Waals surface area contributed by atoms with Gasteiger partial charge in [0.25, 0.3) is 0 Å². The van der Waals surface area contributed by atoms with Crippen molar-refractivity contribution in [1.29, 1.82) is 0 Å². The summed E-state index contributed by atoms with van der Waals surface area (Å²) >= 11 is 1.81. The molecule has 0 bridgehead atoms. The number of nitrogens with zero attached hydrogens (tertiary/aromatic N) is 1. The molecule has 0 aromatic heterocycles. The Kier molecular flexibility index (Phi) is 4.41. The lowest BCUT2D eigenvalue weighted by molar-refractivity contribution is 0.0692. The van der Waals surface area contributed by atoms with Crippen molar-refractivity contribution in [3.05, 3.63) is 29.6 Å². The topological polar surface area (TPSA) is 69.6 Å². The number of carbonyl (C=O) groups is 2. The van der Waals surface area contributed by atoms with Crippen LogP contribution in [0, 0.1) is 5.82 Å². The zero-order valence-electron chi connectivity index (χ0n) is 11.9. The number of carbonyl (C=O) groups excluding carboxylic acids is 1. The second kappa shape index (κ2) is 5.93. The average Bonchev–Trinajstić information content (AvgIpc) is 2.37. The highest BCUT2D eigenvalue weighted by atomic mass is 32.2. The summed E-state index contributed by atoms with van der Waals surface area (Å²) in [5.41, 5.74) is -0.165. The van der Waals surface area contributed by atoms with Crippen LogP contribution >= 0.6 is 11.8 Å². The maximum atomic E-state index is 13.6. The highest BCUT2D eigenvalue weighted by Crippen LogP contribution is 2.29. The number of urea groups is 1. The number of hydrogen-bond donors (Lipinski definition) is 2. The van der Waals surface area contributed by atoms with Crippen LogP contribution in [0.4, 0.5) is 14.9 Å². The number of aromatic carboxylic acids is 1. The van der Waals surface area contributed by atoms with Gasteiger partial charge in [-0.05, 0) is 32.0 Å². The second-order valence-electron chi connectivity index (χ2n) is 5.46. The summed E-state index contributed by atoms with van der Waals surface area (Å²) in [6.07, 6.45) is 0. The van der Waals surface area contributed by atoms with Crippen molar-refractivity contribution < 1.29 is 19.1 Å². The molecule has 114 valence electrons. The molecule has 0 unspecified atom stereocenters. The Labute approximate surface area is 126 Å². The molecule has 1 aromatic rings. The van der Waals surface area contributed by atoms with Crippen LogP contribution in [0.15, 0.2) is 18.2 Å². The van der Waals surface area contributed by atoms with Crippen LogP contribution in [0.1, 0.15) is 24.2 Å². The van der Waals surface area contributed by atoms with Gasteiger partial charge in [0, 0.05) is 29.3 Å². The van der Waals surface area contributed by atoms with Gasteiger partial charge >= 0.3 is 12.0 Å². The standard InChI is InChI=1S/C14H17FN2O3S/c1-14(2)8-17(5-6-21-14)13(20)16-9-3-4-10(12(18)19)11(15)7-9/h3-4,7H,5-6,8H2,1-2H3,(H,16,20)(H,18,19). The Bertz CT molecular complexity index is 577. The van der Waals surface area contributed by atoms with Gasteiger partial charge in [0.2, 0.25) is 0 Å². The molecule has 5 nitrogen and oxygen atoms in total. The van der Waals surface area contributed by atoms with Gasteiger partial charge in [-0.15, -0.1) is 0 Å². The summed E-state index contributed by atoms with van der Waals surface area (Å²) < 4.78 is 13.6. The van der Waals surface area contributed by atoms with Gasteiger partial charge in [0.05, 0.1) is 5.56 Å². The molecule has 0 atom stereocenters. The smallest absolute Gasteiger partial charge is 0.338 e. The summed E-state index contributed by atoms with van der Waals surface area (Å²) in [6, 6.07) is 3.24. The molecule has 1 aliphatic heterocycles. The molecule has 2 rings (SSSR count). The Hall–Kier alpha value is -1.76. The van der Waals surface area contributed by atoms with E-state index in [2.05, 4.69) is 19.2 Å². The van der Waals surface area contributed by atoms with Crippen LogP contribution in [-0.2, 0) is 0 Å². The third-order valence-corrected chi connectivity index (χ3v) is 4.46. The monoisotopic (exact) mass is 312 g/mol. The van der Waals surface area contributed by atoms with Gasteiger partial charge in [-0.3, -0.25) is 0 Å². The van der Waals surface area contributed by atoms with Crippen molar-refractivity contribution in [2.75, 3.05) is 24.2 Å². The van der Waals surface area contributed by atoms with E-state index in [-0.39, 0.29) is 16.5 Å². The number of halogens is 1. The van der Waals surface area contributed by atoms with E-state index in [1.165, 1.54) is 6.07 Å². The van der Waals surface area contributed by atoms with Gasteiger partial charge in [0.15, 0.2) is 0 Å². The Morgan fingerprint density at radius 2 is 2.14 bits per heavy atom. The molecule has 21 heavy (non-hydrogen) atoms. The average molecular weight is 312 g/mol. The number of thioether (sulfide) groups is 1. The summed E-state index contributed by atoms with van der Waals surface area (Å²) in [5, 5.41) is 11.4. The number of rotatable bonds is 2. The molecule has 0 aliphatic carbocycles. The first kappa shape index (κ1) is 15.6. The molecule has 1 saturated heterocycles. The third kappa shape index (κ3) is 3.87. The molecule has 1 heterocycles.